The van der Waals surface area contributed by atoms with Gasteiger partial charge in [0, 0.05) is 28.1 Å². The molecule has 10 rings (SSSR count). The van der Waals surface area contributed by atoms with Crippen molar-refractivity contribution in [2.24, 2.45) is 0 Å². The second kappa shape index (κ2) is 11.0. The standard InChI is InChI=1S/C45H28N2O2/c1-3-14-29(15-4-1)31-19-13-20-33(26-31)47(38-27-32-18-7-8-21-34(32)35-22-9-10-23-36(35)38)44-42-37-24-11-12-25-39(37)48-40(42)28-41-43(44)46-45(49-41)30-16-5-2-6-17-30/h1-28H. The van der Waals surface area contributed by atoms with Gasteiger partial charge in [0.05, 0.1) is 16.8 Å². The summed E-state index contributed by atoms with van der Waals surface area (Å²) in [4.78, 5) is 7.63. The number of oxazole rings is 1. The molecule has 0 fully saturated rings. The summed E-state index contributed by atoms with van der Waals surface area (Å²) < 4.78 is 13.1. The van der Waals surface area contributed by atoms with Gasteiger partial charge in [0.25, 0.3) is 0 Å². The van der Waals surface area contributed by atoms with E-state index < -0.39 is 0 Å². The first-order valence-corrected chi connectivity index (χ1v) is 16.5. The molecular weight excluding hydrogens is 601 g/mol. The Morgan fingerprint density at radius 1 is 0.429 bits per heavy atom. The molecule has 0 saturated heterocycles. The molecule has 0 aliphatic rings. The number of fused-ring (bicyclic) bond motifs is 7. The lowest BCUT2D eigenvalue weighted by atomic mass is 9.97. The van der Waals surface area contributed by atoms with E-state index in [1.807, 2.05) is 48.5 Å². The van der Waals surface area contributed by atoms with E-state index in [1.165, 1.54) is 10.8 Å². The number of nitrogens with zero attached hydrogens (tertiary/aromatic N) is 2. The van der Waals surface area contributed by atoms with Gasteiger partial charge in [0.1, 0.15) is 16.7 Å². The van der Waals surface area contributed by atoms with E-state index in [2.05, 4.69) is 126 Å². The SMILES string of the molecule is c1ccc(-c2cccc(N(c3cc4ccccc4c4ccccc34)c3c4nc(-c5ccccc5)oc4cc4oc5ccccc5c34)c2)cc1. The summed E-state index contributed by atoms with van der Waals surface area (Å²) in [5.74, 6) is 0.565. The largest absolute Gasteiger partial charge is 0.456 e. The van der Waals surface area contributed by atoms with Gasteiger partial charge in [-0.1, -0.05) is 127 Å². The molecule has 2 heterocycles. The van der Waals surface area contributed by atoms with E-state index in [0.29, 0.717) is 11.5 Å². The number of furan rings is 1. The number of hydrogen-bond acceptors (Lipinski definition) is 4. The highest BCUT2D eigenvalue weighted by Gasteiger charge is 2.27. The van der Waals surface area contributed by atoms with Gasteiger partial charge < -0.3 is 13.7 Å². The molecule has 2 aromatic heterocycles. The number of benzene rings is 8. The third kappa shape index (κ3) is 4.42. The first kappa shape index (κ1) is 27.5. The van der Waals surface area contributed by atoms with Crippen LogP contribution in [0.1, 0.15) is 0 Å². The summed E-state index contributed by atoms with van der Waals surface area (Å²) in [6.07, 6.45) is 0. The molecule has 230 valence electrons. The number of hydrogen-bond donors (Lipinski definition) is 0. The maximum Gasteiger partial charge on any atom is 0.227 e. The van der Waals surface area contributed by atoms with Crippen LogP contribution in [0.25, 0.3) is 77.2 Å². The monoisotopic (exact) mass is 628 g/mol. The second-order valence-corrected chi connectivity index (χ2v) is 12.3. The Balaban J connectivity index is 1.38. The van der Waals surface area contributed by atoms with Gasteiger partial charge in [-0.2, -0.15) is 0 Å². The fraction of sp³-hybridized carbons (Fsp3) is 0. The van der Waals surface area contributed by atoms with Crippen molar-refractivity contribution in [2.75, 3.05) is 4.90 Å². The van der Waals surface area contributed by atoms with Gasteiger partial charge in [0.15, 0.2) is 5.58 Å². The zero-order chi connectivity index (χ0) is 32.3. The van der Waals surface area contributed by atoms with Gasteiger partial charge in [-0.3, -0.25) is 0 Å². The normalized spacial score (nSPS) is 11.7. The number of para-hydroxylation sites is 1. The third-order valence-corrected chi connectivity index (χ3v) is 9.44. The van der Waals surface area contributed by atoms with E-state index in [9.17, 15) is 0 Å². The molecule has 8 aromatic carbocycles. The summed E-state index contributed by atoms with van der Waals surface area (Å²) in [6, 6.07) is 59.2. The van der Waals surface area contributed by atoms with Gasteiger partial charge in [-0.25, -0.2) is 4.98 Å². The van der Waals surface area contributed by atoms with Crippen molar-refractivity contribution in [1.82, 2.24) is 4.98 Å². The van der Waals surface area contributed by atoms with Crippen LogP contribution in [0, 0.1) is 0 Å². The first-order chi connectivity index (χ1) is 24.3. The van der Waals surface area contributed by atoms with E-state index in [4.69, 9.17) is 13.8 Å². The van der Waals surface area contributed by atoms with Crippen LogP contribution >= 0.6 is 0 Å². The van der Waals surface area contributed by atoms with Gasteiger partial charge in [-0.15, -0.1) is 0 Å². The highest BCUT2D eigenvalue weighted by molar-refractivity contribution is 6.23. The predicted molar refractivity (Wildman–Crippen MR) is 202 cm³/mol. The van der Waals surface area contributed by atoms with Crippen molar-refractivity contribution in [1.29, 1.82) is 0 Å². The molecule has 0 radical (unpaired) electrons. The Hall–Kier alpha value is -6.65. The molecule has 0 bridgehead atoms. The molecule has 0 amide bonds. The zero-order valence-electron chi connectivity index (χ0n) is 26.4. The summed E-state index contributed by atoms with van der Waals surface area (Å²) in [5.41, 5.74) is 9.14. The van der Waals surface area contributed by atoms with Gasteiger partial charge >= 0.3 is 0 Å². The molecule has 0 spiro atoms. The highest BCUT2D eigenvalue weighted by Crippen LogP contribution is 2.50. The van der Waals surface area contributed by atoms with Crippen molar-refractivity contribution in [3.05, 3.63) is 170 Å². The quantitative estimate of drug-likeness (QED) is 0.178. The lowest BCUT2D eigenvalue weighted by Gasteiger charge is -2.28. The van der Waals surface area contributed by atoms with Crippen molar-refractivity contribution in [3.63, 3.8) is 0 Å². The lowest BCUT2D eigenvalue weighted by Crippen LogP contribution is -2.12. The van der Waals surface area contributed by atoms with Crippen LogP contribution in [-0.4, -0.2) is 4.98 Å². The summed E-state index contributed by atoms with van der Waals surface area (Å²) >= 11 is 0. The van der Waals surface area contributed by atoms with Gasteiger partial charge in [-0.05, 0) is 63.7 Å². The summed E-state index contributed by atoms with van der Waals surface area (Å²) in [5, 5.41) is 6.70. The molecule has 0 aliphatic carbocycles. The van der Waals surface area contributed by atoms with Crippen LogP contribution in [0.2, 0.25) is 0 Å². The molecule has 0 aliphatic heterocycles. The van der Waals surface area contributed by atoms with E-state index in [0.717, 1.165) is 72.0 Å². The predicted octanol–water partition coefficient (Wildman–Crippen LogP) is 12.8. The maximum absolute atomic E-state index is 6.57. The lowest BCUT2D eigenvalue weighted by molar-refractivity contribution is 0.617. The zero-order valence-corrected chi connectivity index (χ0v) is 26.4. The molecular formula is C45H28N2O2. The van der Waals surface area contributed by atoms with E-state index in [-0.39, 0.29) is 0 Å². The van der Waals surface area contributed by atoms with Crippen LogP contribution in [-0.2, 0) is 0 Å². The van der Waals surface area contributed by atoms with Crippen LogP contribution < -0.4 is 4.90 Å². The number of aromatic nitrogens is 1. The van der Waals surface area contributed by atoms with E-state index in [1.54, 1.807) is 0 Å². The van der Waals surface area contributed by atoms with Crippen molar-refractivity contribution in [2.45, 2.75) is 0 Å². The molecule has 0 unspecified atom stereocenters. The number of rotatable bonds is 5. The first-order valence-electron chi connectivity index (χ1n) is 16.5. The minimum absolute atomic E-state index is 0.565. The third-order valence-electron chi connectivity index (χ3n) is 9.44. The van der Waals surface area contributed by atoms with Gasteiger partial charge in [0.2, 0.25) is 5.89 Å². The molecule has 49 heavy (non-hydrogen) atoms. The Labute approximate surface area is 282 Å². The highest BCUT2D eigenvalue weighted by atomic mass is 16.4. The smallest absolute Gasteiger partial charge is 0.227 e. The molecule has 0 atom stereocenters. The Kier molecular flexibility index (Phi) is 6.15. The van der Waals surface area contributed by atoms with Crippen LogP contribution in [0.5, 0.6) is 0 Å². The van der Waals surface area contributed by atoms with E-state index >= 15 is 0 Å². The molecule has 0 N–H and O–H groups in total. The fourth-order valence-electron chi connectivity index (χ4n) is 7.23. The van der Waals surface area contributed by atoms with Crippen molar-refractivity contribution in [3.8, 4) is 22.6 Å². The minimum atomic E-state index is 0.565. The van der Waals surface area contributed by atoms with Crippen LogP contribution in [0.4, 0.5) is 17.1 Å². The van der Waals surface area contributed by atoms with Crippen LogP contribution in [0.3, 0.4) is 0 Å². The Morgan fingerprint density at radius 3 is 1.90 bits per heavy atom. The second-order valence-electron chi connectivity index (χ2n) is 12.3. The average molecular weight is 629 g/mol. The molecule has 4 nitrogen and oxygen atoms in total. The molecule has 4 heteroatoms. The average Bonchev–Trinajstić information content (AvgIpc) is 3.77. The van der Waals surface area contributed by atoms with Crippen molar-refractivity contribution >= 4 is 71.6 Å². The summed E-state index contributed by atoms with van der Waals surface area (Å²) in [7, 11) is 0. The summed E-state index contributed by atoms with van der Waals surface area (Å²) in [6.45, 7) is 0. The minimum Gasteiger partial charge on any atom is -0.456 e. The number of anilines is 3. The topological polar surface area (TPSA) is 42.4 Å². The molecule has 0 saturated carbocycles. The fourth-order valence-corrected chi connectivity index (χ4v) is 7.23. The van der Waals surface area contributed by atoms with Crippen molar-refractivity contribution < 1.29 is 8.83 Å². The molecule has 10 aromatic rings. The Morgan fingerprint density at radius 2 is 1.08 bits per heavy atom. The Bertz CT molecular complexity index is 2830. The van der Waals surface area contributed by atoms with Crippen LogP contribution in [0.15, 0.2) is 179 Å². The maximum atomic E-state index is 6.57.